The molecule has 0 heterocycles. The number of phenolic OH excluding ortho intramolecular Hbond substituents is 1. The number of ketones is 1. The highest BCUT2D eigenvalue weighted by atomic mass is 16.3. The van der Waals surface area contributed by atoms with Crippen LogP contribution in [0.4, 0.5) is 0 Å². The predicted octanol–water partition coefficient (Wildman–Crippen LogP) is 8.16. The SMILES string of the molecule is CCCCCCCCCCCCCCCCCCC(=O)Cc1cccc(O)c1. The van der Waals surface area contributed by atoms with Crippen LogP contribution in [0.5, 0.6) is 5.75 Å². The van der Waals surface area contributed by atoms with Crippen molar-refractivity contribution in [2.24, 2.45) is 0 Å². The molecule has 0 spiro atoms. The van der Waals surface area contributed by atoms with E-state index >= 15 is 0 Å². The third-order valence-corrected chi connectivity index (χ3v) is 5.62. The summed E-state index contributed by atoms with van der Waals surface area (Å²) in [6, 6.07) is 7.03. The van der Waals surface area contributed by atoms with Crippen LogP contribution in [0, 0.1) is 0 Å². The Morgan fingerprint density at radius 2 is 1.18 bits per heavy atom. The highest BCUT2D eigenvalue weighted by Crippen LogP contribution is 2.15. The molecule has 0 radical (unpaired) electrons. The second-order valence-electron chi connectivity index (χ2n) is 8.44. The highest BCUT2D eigenvalue weighted by molar-refractivity contribution is 5.80. The molecule has 2 heteroatoms. The van der Waals surface area contributed by atoms with Crippen LogP contribution < -0.4 is 0 Å². The molecule has 160 valence electrons. The monoisotopic (exact) mass is 388 g/mol. The fourth-order valence-corrected chi connectivity index (χ4v) is 3.85. The fourth-order valence-electron chi connectivity index (χ4n) is 3.85. The molecule has 0 fully saturated rings. The molecule has 0 saturated carbocycles. The molecule has 1 aromatic rings. The average Bonchev–Trinajstić information content (AvgIpc) is 2.67. The van der Waals surface area contributed by atoms with Gasteiger partial charge in [0.2, 0.25) is 0 Å². The summed E-state index contributed by atoms with van der Waals surface area (Å²) in [7, 11) is 0. The van der Waals surface area contributed by atoms with Crippen molar-refractivity contribution in [3.05, 3.63) is 29.8 Å². The molecule has 0 aromatic heterocycles. The van der Waals surface area contributed by atoms with Crippen LogP contribution in [0.25, 0.3) is 0 Å². The van der Waals surface area contributed by atoms with Crippen LogP contribution in [0.3, 0.4) is 0 Å². The van der Waals surface area contributed by atoms with Crippen LogP contribution in [0.2, 0.25) is 0 Å². The molecular formula is C26H44O2. The van der Waals surface area contributed by atoms with Gasteiger partial charge in [0, 0.05) is 12.8 Å². The van der Waals surface area contributed by atoms with Gasteiger partial charge in [0.15, 0.2) is 0 Å². The molecule has 1 aromatic carbocycles. The molecule has 0 atom stereocenters. The second-order valence-corrected chi connectivity index (χ2v) is 8.44. The van der Waals surface area contributed by atoms with Gasteiger partial charge in [-0.2, -0.15) is 0 Å². The van der Waals surface area contributed by atoms with Gasteiger partial charge in [0.25, 0.3) is 0 Å². The van der Waals surface area contributed by atoms with Crippen molar-refractivity contribution >= 4 is 5.78 Å². The van der Waals surface area contributed by atoms with Crippen molar-refractivity contribution in [3.8, 4) is 5.75 Å². The Bertz CT molecular complexity index is 495. The summed E-state index contributed by atoms with van der Waals surface area (Å²) in [5, 5.41) is 9.44. The third kappa shape index (κ3) is 14.7. The first kappa shape index (κ1) is 24.7. The van der Waals surface area contributed by atoms with E-state index in [0.717, 1.165) is 12.0 Å². The van der Waals surface area contributed by atoms with Gasteiger partial charge in [-0.1, -0.05) is 115 Å². The van der Waals surface area contributed by atoms with E-state index in [1.165, 1.54) is 96.3 Å². The summed E-state index contributed by atoms with van der Waals surface area (Å²) in [6.07, 6.45) is 22.8. The molecule has 28 heavy (non-hydrogen) atoms. The first-order chi connectivity index (χ1) is 13.7. The van der Waals surface area contributed by atoms with Gasteiger partial charge < -0.3 is 5.11 Å². The number of carbonyl (C=O) groups excluding carboxylic acids is 1. The van der Waals surface area contributed by atoms with Gasteiger partial charge in [-0.25, -0.2) is 0 Å². The summed E-state index contributed by atoms with van der Waals surface area (Å²) in [4.78, 5) is 12.0. The summed E-state index contributed by atoms with van der Waals surface area (Å²) >= 11 is 0. The maximum Gasteiger partial charge on any atom is 0.137 e. The minimum absolute atomic E-state index is 0.243. The van der Waals surface area contributed by atoms with E-state index in [1.807, 2.05) is 6.07 Å². The van der Waals surface area contributed by atoms with Crippen molar-refractivity contribution in [3.63, 3.8) is 0 Å². The molecule has 0 aliphatic rings. The Labute approximate surface area is 174 Å². The fraction of sp³-hybridized carbons (Fsp3) is 0.731. The highest BCUT2D eigenvalue weighted by Gasteiger charge is 2.04. The van der Waals surface area contributed by atoms with Crippen molar-refractivity contribution in [2.75, 3.05) is 0 Å². The number of benzene rings is 1. The van der Waals surface area contributed by atoms with Gasteiger partial charge in [0.05, 0.1) is 0 Å². The summed E-state index contributed by atoms with van der Waals surface area (Å²) < 4.78 is 0. The zero-order chi connectivity index (χ0) is 20.3. The van der Waals surface area contributed by atoms with E-state index in [0.29, 0.717) is 12.8 Å². The standard InChI is InChI=1S/C26H44O2/c1-2-3-4-5-6-7-8-9-10-11-12-13-14-15-16-17-20-25(27)22-24-19-18-21-26(28)23-24/h18-19,21,23,28H,2-17,20,22H2,1H3. The summed E-state index contributed by atoms with van der Waals surface area (Å²) in [5.41, 5.74) is 0.918. The van der Waals surface area contributed by atoms with Crippen LogP contribution in [0.15, 0.2) is 24.3 Å². The Kier molecular flexibility index (Phi) is 15.7. The molecule has 1 rings (SSSR count). The lowest BCUT2D eigenvalue weighted by Gasteiger charge is -2.04. The number of phenols is 1. The number of Topliss-reactive ketones (excluding diaryl/α,β-unsaturated/α-hetero) is 1. The minimum atomic E-state index is 0.243. The number of unbranched alkanes of at least 4 members (excludes halogenated alkanes) is 15. The number of hydrogen-bond acceptors (Lipinski definition) is 2. The second kappa shape index (κ2) is 17.8. The van der Waals surface area contributed by atoms with E-state index < -0.39 is 0 Å². The lowest BCUT2D eigenvalue weighted by atomic mass is 10.0. The minimum Gasteiger partial charge on any atom is -0.508 e. The van der Waals surface area contributed by atoms with Crippen LogP contribution in [-0.2, 0) is 11.2 Å². The quantitative estimate of drug-likeness (QED) is 0.243. The van der Waals surface area contributed by atoms with E-state index in [1.54, 1.807) is 18.2 Å². The van der Waals surface area contributed by atoms with Gasteiger partial charge in [-0.15, -0.1) is 0 Å². The lowest BCUT2D eigenvalue weighted by molar-refractivity contribution is -0.118. The molecule has 1 N–H and O–H groups in total. The molecule has 2 nitrogen and oxygen atoms in total. The van der Waals surface area contributed by atoms with Crippen molar-refractivity contribution < 1.29 is 9.90 Å². The zero-order valence-corrected chi connectivity index (χ0v) is 18.4. The smallest absolute Gasteiger partial charge is 0.137 e. The van der Waals surface area contributed by atoms with Crippen molar-refractivity contribution in [2.45, 2.75) is 122 Å². The van der Waals surface area contributed by atoms with Crippen molar-refractivity contribution in [1.82, 2.24) is 0 Å². The molecule has 0 bridgehead atoms. The lowest BCUT2D eigenvalue weighted by Crippen LogP contribution is -2.02. The van der Waals surface area contributed by atoms with E-state index in [4.69, 9.17) is 0 Å². The normalized spacial score (nSPS) is 11.0. The van der Waals surface area contributed by atoms with Crippen LogP contribution in [-0.4, -0.2) is 10.9 Å². The molecule has 0 saturated heterocycles. The van der Waals surface area contributed by atoms with E-state index in [9.17, 15) is 9.90 Å². The van der Waals surface area contributed by atoms with Gasteiger partial charge >= 0.3 is 0 Å². The predicted molar refractivity (Wildman–Crippen MR) is 121 cm³/mol. The van der Waals surface area contributed by atoms with Crippen LogP contribution >= 0.6 is 0 Å². The van der Waals surface area contributed by atoms with Gasteiger partial charge in [-0.3, -0.25) is 4.79 Å². The Morgan fingerprint density at radius 3 is 1.64 bits per heavy atom. The molecule has 0 amide bonds. The Balaban J connectivity index is 1.80. The van der Waals surface area contributed by atoms with Crippen LogP contribution in [0.1, 0.15) is 122 Å². The molecule has 0 unspecified atom stereocenters. The summed E-state index contributed by atoms with van der Waals surface area (Å²) in [5.74, 6) is 0.531. The Morgan fingerprint density at radius 1 is 0.714 bits per heavy atom. The number of rotatable bonds is 19. The van der Waals surface area contributed by atoms with E-state index in [-0.39, 0.29) is 11.5 Å². The van der Waals surface area contributed by atoms with Gasteiger partial charge in [-0.05, 0) is 24.1 Å². The number of hydrogen-bond donors (Lipinski definition) is 1. The van der Waals surface area contributed by atoms with E-state index in [2.05, 4.69) is 6.92 Å². The maximum absolute atomic E-state index is 12.0. The summed E-state index contributed by atoms with van der Waals surface area (Å²) in [6.45, 7) is 2.28. The largest absolute Gasteiger partial charge is 0.508 e. The first-order valence-electron chi connectivity index (χ1n) is 12.0. The molecular weight excluding hydrogens is 344 g/mol. The average molecular weight is 389 g/mol. The zero-order valence-electron chi connectivity index (χ0n) is 18.4. The maximum atomic E-state index is 12.0. The first-order valence-corrected chi connectivity index (χ1v) is 12.0. The third-order valence-electron chi connectivity index (χ3n) is 5.62. The molecule has 0 aliphatic carbocycles. The number of carbonyl (C=O) groups is 1. The van der Waals surface area contributed by atoms with Gasteiger partial charge in [0.1, 0.15) is 11.5 Å². The topological polar surface area (TPSA) is 37.3 Å². The Hall–Kier alpha value is -1.31. The molecule has 0 aliphatic heterocycles. The number of aromatic hydroxyl groups is 1. The van der Waals surface area contributed by atoms with Crippen molar-refractivity contribution in [1.29, 1.82) is 0 Å².